The number of carbonyl (C=O) groups excluding carboxylic acids is 1. The molecular formula is C14H24N4O2. The fraction of sp³-hybridized carbons (Fsp3) is 0.714. The van der Waals surface area contributed by atoms with E-state index in [0.29, 0.717) is 26.3 Å². The smallest absolute Gasteiger partial charge is 0.234 e. The van der Waals surface area contributed by atoms with Gasteiger partial charge in [-0.05, 0) is 26.8 Å². The van der Waals surface area contributed by atoms with Crippen molar-refractivity contribution in [2.75, 3.05) is 32.8 Å². The Bertz CT molecular complexity index is 452. The van der Waals surface area contributed by atoms with Crippen LogP contribution < -0.4 is 5.32 Å². The van der Waals surface area contributed by atoms with E-state index >= 15 is 0 Å². The third kappa shape index (κ3) is 4.31. The molecule has 2 heterocycles. The second-order valence-electron chi connectivity index (χ2n) is 5.47. The molecular weight excluding hydrogens is 256 g/mol. The maximum absolute atomic E-state index is 12.0. The number of amides is 1. The normalized spacial score (nSPS) is 17.9. The van der Waals surface area contributed by atoms with Gasteiger partial charge in [0.05, 0.1) is 32.0 Å². The predicted octanol–water partition coefficient (Wildman–Crippen LogP) is 0.337. The minimum Gasteiger partial charge on any atom is -0.379 e. The third-order valence-electron chi connectivity index (χ3n) is 3.43. The van der Waals surface area contributed by atoms with Crippen molar-refractivity contribution in [2.45, 2.75) is 33.4 Å². The number of nitrogens with one attached hydrogen (secondary N) is 1. The minimum atomic E-state index is 0.0703. The Morgan fingerprint density at radius 3 is 2.75 bits per heavy atom. The highest BCUT2D eigenvalue weighted by atomic mass is 16.5. The van der Waals surface area contributed by atoms with Gasteiger partial charge >= 0.3 is 0 Å². The highest BCUT2D eigenvalue weighted by Gasteiger charge is 2.16. The average Bonchev–Trinajstić information content (AvgIpc) is 2.68. The molecule has 1 amide bonds. The molecule has 0 bridgehead atoms. The van der Waals surface area contributed by atoms with Gasteiger partial charge < -0.3 is 10.1 Å². The largest absolute Gasteiger partial charge is 0.379 e. The first-order chi connectivity index (χ1) is 9.54. The molecule has 1 aliphatic rings. The number of aryl methyl sites for hydroxylation is 2. The van der Waals surface area contributed by atoms with Crippen molar-refractivity contribution in [1.82, 2.24) is 20.0 Å². The van der Waals surface area contributed by atoms with E-state index in [1.54, 1.807) is 0 Å². The highest BCUT2D eigenvalue weighted by molar-refractivity contribution is 5.78. The first-order valence-electron chi connectivity index (χ1n) is 7.15. The molecule has 1 aliphatic heterocycles. The van der Waals surface area contributed by atoms with E-state index in [9.17, 15) is 4.79 Å². The second-order valence-corrected chi connectivity index (χ2v) is 5.47. The molecule has 0 aromatic carbocycles. The topological polar surface area (TPSA) is 59.4 Å². The van der Waals surface area contributed by atoms with Gasteiger partial charge in [0.15, 0.2) is 0 Å². The molecule has 6 heteroatoms. The Hall–Kier alpha value is -1.40. The van der Waals surface area contributed by atoms with Crippen molar-refractivity contribution in [2.24, 2.45) is 0 Å². The van der Waals surface area contributed by atoms with Crippen LogP contribution in [0.3, 0.4) is 0 Å². The Kier molecular flexibility index (Phi) is 5.14. The maximum atomic E-state index is 12.0. The van der Waals surface area contributed by atoms with Crippen LogP contribution in [0, 0.1) is 13.8 Å². The lowest BCUT2D eigenvalue weighted by molar-refractivity contribution is -0.123. The van der Waals surface area contributed by atoms with Gasteiger partial charge in [0, 0.05) is 24.8 Å². The quantitative estimate of drug-likeness (QED) is 0.845. The Labute approximate surface area is 120 Å². The first-order valence-corrected chi connectivity index (χ1v) is 7.15. The maximum Gasteiger partial charge on any atom is 0.234 e. The number of rotatable bonds is 5. The van der Waals surface area contributed by atoms with Gasteiger partial charge in [-0.25, -0.2) is 0 Å². The fourth-order valence-electron chi connectivity index (χ4n) is 2.45. The molecule has 0 radical (unpaired) electrons. The van der Waals surface area contributed by atoms with Gasteiger partial charge in [-0.2, -0.15) is 5.10 Å². The van der Waals surface area contributed by atoms with Crippen LogP contribution in [0.25, 0.3) is 0 Å². The first kappa shape index (κ1) is 15.0. The number of hydrogen-bond acceptors (Lipinski definition) is 4. The zero-order valence-corrected chi connectivity index (χ0v) is 12.6. The molecule has 0 spiro atoms. The van der Waals surface area contributed by atoms with E-state index in [1.807, 2.05) is 31.5 Å². The molecule has 0 unspecified atom stereocenters. The number of ether oxygens (including phenoxy) is 1. The molecule has 112 valence electrons. The predicted molar refractivity (Wildman–Crippen MR) is 76.6 cm³/mol. The summed E-state index contributed by atoms with van der Waals surface area (Å²) in [6, 6.07) is 2.11. The van der Waals surface area contributed by atoms with E-state index in [4.69, 9.17) is 4.74 Å². The molecule has 1 N–H and O–H groups in total. The van der Waals surface area contributed by atoms with Gasteiger partial charge in [0.25, 0.3) is 0 Å². The standard InChI is InChI=1S/C14H24N4O2/c1-11-8-13(3)18(16-11)9-12(2)15-14(19)10-17-4-6-20-7-5-17/h8,12H,4-7,9-10H2,1-3H3,(H,15,19)/t12-/m1/s1. The SMILES string of the molecule is Cc1cc(C)n(C[C@@H](C)NC(=O)CN2CCOCC2)n1. The molecule has 1 fully saturated rings. The number of aromatic nitrogens is 2. The number of morpholine rings is 1. The van der Waals surface area contributed by atoms with Crippen LogP contribution >= 0.6 is 0 Å². The zero-order valence-electron chi connectivity index (χ0n) is 12.6. The van der Waals surface area contributed by atoms with Gasteiger partial charge in [-0.15, -0.1) is 0 Å². The van der Waals surface area contributed by atoms with E-state index < -0.39 is 0 Å². The summed E-state index contributed by atoms with van der Waals surface area (Å²) >= 11 is 0. The molecule has 2 rings (SSSR count). The Morgan fingerprint density at radius 1 is 1.45 bits per heavy atom. The highest BCUT2D eigenvalue weighted by Crippen LogP contribution is 2.03. The third-order valence-corrected chi connectivity index (χ3v) is 3.43. The summed E-state index contributed by atoms with van der Waals surface area (Å²) in [6.07, 6.45) is 0. The minimum absolute atomic E-state index is 0.0703. The van der Waals surface area contributed by atoms with E-state index in [-0.39, 0.29) is 11.9 Å². The zero-order chi connectivity index (χ0) is 14.5. The van der Waals surface area contributed by atoms with Crippen LogP contribution in [0.5, 0.6) is 0 Å². The molecule has 1 aromatic heterocycles. The van der Waals surface area contributed by atoms with Gasteiger partial charge in [-0.1, -0.05) is 0 Å². The van der Waals surface area contributed by atoms with Crippen molar-refractivity contribution in [3.8, 4) is 0 Å². The summed E-state index contributed by atoms with van der Waals surface area (Å²) in [4.78, 5) is 14.1. The number of hydrogen-bond donors (Lipinski definition) is 1. The number of carbonyl (C=O) groups is 1. The summed E-state index contributed by atoms with van der Waals surface area (Å²) < 4.78 is 7.21. The van der Waals surface area contributed by atoms with Gasteiger partial charge in [-0.3, -0.25) is 14.4 Å². The molecule has 0 aliphatic carbocycles. The summed E-state index contributed by atoms with van der Waals surface area (Å²) in [5.74, 6) is 0.0703. The van der Waals surface area contributed by atoms with Gasteiger partial charge in [0.2, 0.25) is 5.91 Å². The summed E-state index contributed by atoms with van der Waals surface area (Å²) in [7, 11) is 0. The van der Waals surface area contributed by atoms with Crippen LogP contribution in [0.2, 0.25) is 0 Å². The van der Waals surface area contributed by atoms with Crippen LogP contribution in [0.15, 0.2) is 6.07 Å². The molecule has 1 saturated heterocycles. The monoisotopic (exact) mass is 280 g/mol. The van der Waals surface area contributed by atoms with Crippen molar-refractivity contribution in [1.29, 1.82) is 0 Å². The lowest BCUT2D eigenvalue weighted by Crippen LogP contribution is -2.46. The number of nitrogens with zero attached hydrogens (tertiary/aromatic N) is 3. The fourth-order valence-corrected chi connectivity index (χ4v) is 2.45. The van der Waals surface area contributed by atoms with E-state index in [0.717, 1.165) is 24.5 Å². The van der Waals surface area contributed by atoms with Crippen LogP contribution in [-0.4, -0.2) is 59.5 Å². The molecule has 1 aromatic rings. The summed E-state index contributed by atoms with van der Waals surface area (Å²) in [5.41, 5.74) is 2.13. The lowest BCUT2D eigenvalue weighted by Gasteiger charge is -2.26. The Morgan fingerprint density at radius 2 is 2.15 bits per heavy atom. The summed E-state index contributed by atoms with van der Waals surface area (Å²) in [6.45, 7) is 10.3. The van der Waals surface area contributed by atoms with Crippen molar-refractivity contribution >= 4 is 5.91 Å². The average molecular weight is 280 g/mol. The molecule has 0 saturated carbocycles. The van der Waals surface area contributed by atoms with E-state index in [2.05, 4.69) is 15.3 Å². The van der Waals surface area contributed by atoms with E-state index in [1.165, 1.54) is 0 Å². The van der Waals surface area contributed by atoms with Crippen LogP contribution in [-0.2, 0) is 16.1 Å². The molecule has 20 heavy (non-hydrogen) atoms. The lowest BCUT2D eigenvalue weighted by atomic mass is 10.3. The van der Waals surface area contributed by atoms with Crippen molar-refractivity contribution < 1.29 is 9.53 Å². The van der Waals surface area contributed by atoms with Gasteiger partial charge in [0.1, 0.15) is 0 Å². The summed E-state index contributed by atoms with van der Waals surface area (Å²) in [5, 5.41) is 7.44. The second kappa shape index (κ2) is 6.85. The molecule has 1 atom stereocenters. The van der Waals surface area contributed by atoms with Crippen molar-refractivity contribution in [3.63, 3.8) is 0 Å². The molecule has 6 nitrogen and oxygen atoms in total. The Balaban J connectivity index is 1.77. The van der Waals surface area contributed by atoms with Crippen LogP contribution in [0.1, 0.15) is 18.3 Å². The van der Waals surface area contributed by atoms with Crippen LogP contribution in [0.4, 0.5) is 0 Å². The van der Waals surface area contributed by atoms with Crippen molar-refractivity contribution in [3.05, 3.63) is 17.5 Å².